The second-order valence-electron chi connectivity index (χ2n) is 4.78. The van der Waals surface area contributed by atoms with E-state index >= 15 is 0 Å². The van der Waals surface area contributed by atoms with Gasteiger partial charge in [0, 0.05) is 24.8 Å². The fourth-order valence-electron chi connectivity index (χ4n) is 2.39. The van der Waals surface area contributed by atoms with E-state index in [0.29, 0.717) is 13.1 Å². The first-order valence-corrected chi connectivity index (χ1v) is 6.17. The molecule has 0 saturated carbocycles. The summed E-state index contributed by atoms with van der Waals surface area (Å²) in [6.07, 6.45) is 0. The maximum absolute atomic E-state index is 13.3. The average molecular weight is 274 g/mol. The lowest BCUT2D eigenvalue weighted by Gasteiger charge is -2.16. The first-order valence-electron chi connectivity index (χ1n) is 6.17. The van der Waals surface area contributed by atoms with Gasteiger partial charge in [-0.25, -0.2) is 8.78 Å². The van der Waals surface area contributed by atoms with Gasteiger partial charge in [-0.05, 0) is 17.2 Å². The number of anilines is 1. The van der Waals surface area contributed by atoms with Gasteiger partial charge in [-0.2, -0.15) is 0 Å². The van der Waals surface area contributed by atoms with Crippen molar-refractivity contribution in [1.82, 2.24) is 4.90 Å². The molecule has 0 spiro atoms. The molecule has 0 unspecified atom stereocenters. The molecule has 0 bridgehead atoms. The Morgan fingerprint density at radius 1 is 1.05 bits per heavy atom. The summed E-state index contributed by atoms with van der Waals surface area (Å²) in [4.78, 5) is 13.9. The van der Waals surface area contributed by atoms with E-state index in [1.165, 1.54) is 0 Å². The van der Waals surface area contributed by atoms with Crippen LogP contribution >= 0.6 is 0 Å². The number of nitrogens with two attached hydrogens (primary N) is 1. The van der Waals surface area contributed by atoms with Crippen LogP contribution < -0.4 is 5.73 Å². The van der Waals surface area contributed by atoms with Gasteiger partial charge in [-0.1, -0.05) is 24.3 Å². The first-order chi connectivity index (χ1) is 9.56. The van der Waals surface area contributed by atoms with Crippen molar-refractivity contribution in [3.05, 3.63) is 64.7 Å². The fourth-order valence-corrected chi connectivity index (χ4v) is 2.39. The molecule has 1 amide bonds. The molecule has 0 aromatic heterocycles. The van der Waals surface area contributed by atoms with Crippen molar-refractivity contribution < 1.29 is 13.6 Å². The molecule has 102 valence electrons. The van der Waals surface area contributed by atoms with Crippen LogP contribution in [0.4, 0.5) is 14.5 Å². The second-order valence-corrected chi connectivity index (χ2v) is 4.78. The first kappa shape index (κ1) is 12.6. The molecule has 1 heterocycles. The fraction of sp³-hybridized carbons (Fsp3) is 0.133. The predicted molar refractivity (Wildman–Crippen MR) is 70.8 cm³/mol. The van der Waals surface area contributed by atoms with Gasteiger partial charge in [0.05, 0.1) is 5.56 Å². The zero-order chi connectivity index (χ0) is 14.3. The molecule has 0 saturated heterocycles. The highest BCUT2D eigenvalue weighted by atomic mass is 19.2. The van der Waals surface area contributed by atoms with Gasteiger partial charge in [-0.15, -0.1) is 0 Å². The Hall–Kier alpha value is -2.43. The van der Waals surface area contributed by atoms with E-state index in [9.17, 15) is 13.6 Å². The minimum absolute atomic E-state index is 0.00305. The van der Waals surface area contributed by atoms with Crippen molar-refractivity contribution in [3.8, 4) is 0 Å². The molecule has 2 N–H and O–H groups in total. The average Bonchev–Trinajstić information content (AvgIpc) is 2.86. The topological polar surface area (TPSA) is 46.3 Å². The van der Waals surface area contributed by atoms with Crippen molar-refractivity contribution in [2.75, 3.05) is 5.73 Å². The number of carbonyl (C=O) groups is 1. The highest BCUT2D eigenvalue weighted by Crippen LogP contribution is 2.26. The molecule has 2 aromatic rings. The Bertz CT molecular complexity index is 675. The zero-order valence-corrected chi connectivity index (χ0v) is 10.6. The number of nitrogens with zero attached hydrogens (tertiary/aromatic N) is 1. The van der Waals surface area contributed by atoms with Crippen LogP contribution in [0.3, 0.4) is 0 Å². The predicted octanol–water partition coefficient (Wildman–Crippen LogP) is 2.70. The number of rotatable bonds is 1. The van der Waals surface area contributed by atoms with Crippen molar-refractivity contribution >= 4 is 11.6 Å². The standard InChI is InChI=1S/C15H12F2N2O/c16-12-5-11(14(18)6-13(12)17)15(20)19-7-9-3-1-2-4-10(9)8-19/h1-6H,7-8,18H2. The third-order valence-corrected chi connectivity index (χ3v) is 3.45. The summed E-state index contributed by atoms with van der Waals surface area (Å²) < 4.78 is 26.3. The molecule has 1 aliphatic heterocycles. The lowest BCUT2D eigenvalue weighted by atomic mass is 10.1. The largest absolute Gasteiger partial charge is 0.398 e. The summed E-state index contributed by atoms with van der Waals surface area (Å²) in [5.74, 6) is -2.51. The van der Waals surface area contributed by atoms with E-state index < -0.39 is 17.5 Å². The lowest BCUT2D eigenvalue weighted by Crippen LogP contribution is -2.26. The van der Waals surface area contributed by atoms with Gasteiger partial charge < -0.3 is 10.6 Å². The van der Waals surface area contributed by atoms with E-state index in [1.807, 2.05) is 24.3 Å². The maximum atomic E-state index is 13.3. The van der Waals surface area contributed by atoms with Crippen LogP contribution in [-0.2, 0) is 13.1 Å². The Labute approximate surface area is 114 Å². The number of hydrogen-bond donors (Lipinski definition) is 1. The number of nitrogen functional groups attached to an aromatic ring is 1. The summed E-state index contributed by atoms with van der Waals surface area (Å²) in [6, 6.07) is 9.38. The van der Waals surface area contributed by atoms with Crippen LogP contribution in [0.2, 0.25) is 0 Å². The van der Waals surface area contributed by atoms with Gasteiger partial charge in [0.1, 0.15) is 0 Å². The smallest absolute Gasteiger partial charge is 0.256 e. The van der Waals surface area contributed by atoms with Gasteiger partial charge in [0.2, 0.25) is 0 Å². The Morgan fingerprint density at radius 2 is 1.60 bits per heavy atom. The molecule has 0 fully saturated rings. The van der Waals surface area contributed by atoms with Gasteiger partial charge in [-0.3, -0.25) is 4.79 Å². The zero-order valence-electron chi connectivity index (χ0n) is 10.6. The summed E-state index contributed by atoms with van der Waals surface area (Å²) in [5, 5.41) is 0. The normalized spacial score (nSPS) is 13.4. The summed E-state index contributed by atoms with van der Waals surface area (Å²) in [6.45, 7) is 0.904. The van der Waals surface area contributed by atoms with Crippen molar-refractivity contribution in [2.45, 2.75) is 13.1 Å². The van der Waals surface area contributed by atoms with Crippen molar-refractivity contribution in [3.63, 3.8) is 0 Å². The Balaban J connectivity index is 1.90. The van der Waals surface area contributed by atoms with E-state index in [2.05, 4.69) is 0 Å². The molecule has 1 aliphatic rings. The van der Waals surface area contributed by atoms with E-state index in [0.717, 1.165) is 23.3 Å². The number of amides is 1. The molecule has 20 heavy (non-hydrogen) atoms. The van der Waals surface area contributed by atoms with Crippen molar-refractivity contribution in [2.24, 2.45) is 0 Å². The number of halogens is 2. The third-order valence-electron chi connectivity index (χ3n) is 3.45. The highest BCUT2D eigenvalue weighted by Gasteiger charge is 2.26. The highest BCUT2D eigenvalue weighted by molar-refractivity contribution is 5.99. The monoisotopic (exact) mass is 274 g/mol. The molecule has 3 rings (SSSR count). The van der Waals surface area contributed by atoms with E-state index in [1.54, 1.807) is 4.90 Å². The Morgan fingerprint density at radius 3 is 2.20 bits per heavy atom. The molecule has 3 nitrogen and oxygen atoms in total. The quantitative estimate of drug-likeness (QED) is 0.813. The number of hydrogen-bond acceptors (Lipinski definition) is 2. The SMILES string of the molecule is Nc1cc(F)c(F)cc1C(=O)N1Cc2ccccc2C1. The molecule has 0 radical (unpaired) electrons. The molecule has 2 aromatic carbocycles. The van der Waals surface area contributed by atoms with Crippen LogP contribution in [0, 0.1) is 11.6 Å². The van der Waals surface area contributed by atoms with Crippen LogP contribution in [0.1, 0.15) is 21.5 Å². The van der Waals surface area contributed by atoms with Gasteiger partial charge >= 0.3 is 0 Å². The van der Waals surface area contributed by atoms with Gasteiger partial charge in [0.25, 0.3) is 5.91 Å². The minimum atomic E-state index is -1.07. The third kappa shape index (κ3) is 2.01. The molecule has 0 aliphatic carbocycles. The van der Waals surface area contributed by atoms with E-state index in [4.69, 9.17) is 5.73 Å². The summed E-state index contributed by atoms with van der Waals surface area (Å²) in [5.41, 5.74) is 7.67. The van der Waals surface area contributed by atoms with E-state index in [-0.39, 0.29) is 11.3 Å². The second kappa shape index (κ2) is 4.59. The molecule has 0 atom stereocenters. The van der Waals surface area contributed by atoms with Crippen LogP contribution in [0.25, 0.3) is 0 Å². The molecular formula is C15H12F2N2O. The molecular weight excluding hydrogens is 262 g/mol. The maximum Gasteiger partial charge on any atom is 0.256 e. The Kier molecular flexibility index (Phi) is 2.89. The minimum Gasteiger partial charge on any atom is -0.398 e. The summed E-state index contributed by atoms with van der Waals surface area (Å²) in [7, 11) is 0. The van der Waals surface area contributed by atoms with Crippen LogP contribution in [0.5, 0.6) is 0 Å². The van der Waals surface area contributed by atoms with Crippen molar-refractivity contribution in [1.29, 1.82) is 0 Å². The lowest BCUT2D eigenvalue weighted by molar-refractivity contribution is 0.0752. The summed E-state index contributed by atoms with van der Waals surface area (Å²) >= 11 is 0. The number of carbonyl (C=O) groups excluding carboxylic acids is 1. The number of fused-ring (bicyclic) bond motifs is 1. The number of benzene rings is 2. The molecule has 5 heteroatoms. The van der Waals surface area contributed by atoms with Gasteiger partial charge in [0.15, 0.2) is 11.6 Å². The van der Waals surface area contributed by atoms with Crippen LogP contribution in [-0.4, -0.2) is 10.8 Å². The van der Waals surface area contributed by atoms with Crippen LogP contribution in [0.15, 0.2) is 36.4 Å².